The fourth-order valence-corrected chi connectivity index (χ4v) is 2.27. The molecule has 1 rings (SSSR count). The maximum absolute atomic E-state index is 5.87. The summed E-state index contributed by atoms with van der Waals surface area (Å²) in [6.45, 7) is 7.17. The van der Waals surface area contributed by atoms with Crippen molar-refractivity contribution in [3.63, 3.8) is 0 Å². The molecule has 0 aliphatic carbocycles. The summed E-state index contributed by atoms with van der Waals surface area (Å²) in [6.07, 6.45) is 7.81. The molecule has 0 fully saturated rings. The molecule has 0 amide bonds. The van der Waals surface area contributed by atoms with E-state index in [1.807, 2.05) is 6.92 Å². The Balaban J connectivity index is 2.49. The summed E-state index contributed by atoms with van der Waals surface area (Å²) >= 11 is 3.49. The minimum atomic E-state index is 0.178. The van der Waals surface area contributed by atoms with Crippen LogP contribution in [0.5, 0.6) is 5.88 Å². The molecule has 0 spiro atoms. The molecule has 1 unspecified atom stereocenters. The molecule has 0 bridgehead atoms. The van der Waals surface area contributed by atoms with Gasteiger partial charge in [-0.3, -0.25) is 0 Å². The van der Waals surface area contributed by atoms with Crippen molar-refractivity contribution in [2.45, 2.75) is 59.0 Å². The van der Waals surface area contributed by atoms with Gasteiger partial charge in [-0.2, -0.15) is 0 Å². The fraction of sp³-hybridized carbons (Fsp3) is 0.714. The molecule has 0 saturated heterocycles. The largest absolute Gasteiger partial charge is 0.474 e. The quantitative estimate of drug-likeness (QED) is 0.681. The van der Waals surface area contributed by atoms with Crippen molar-refractivity contribution >= 4 is 21.7 Å². The molecule has 1 N–H and O–H groups in total. The number of unbranched alkanes of at least 4 members (excludes halogenated alkanes) is 3. The zero-order valence-electron chi connectivity index (χ0n) is 12.1. The maximum Gasteiger partial charge on any atom is 0.233 e. The van der Waals surface area contributed by atoms with Gasteiger partial charge < -0.3 is 10.1 Å². The number of nitrogens with zero attached hydrogens (tertiary/aromatic N) is 2. The monoisotopic (exact) mass is 329 g/mol. The predicted octanol–water partition coefficient (Wildman–Crippen LogP) is 4.41. The number of hydrogen-bond donors (Lipinski definition) is 1. The Morgan fingerprint density at radius 1 is 1.26 bits per heavy atom. The Morgan fingerprint density at radius 3 is 2.74 bits per heavy atom. The summed E-state index contributed by atoms with van der Waals surface area (Å²) in [6, 6.07) is 0. The Labute approximate surface area is 124 Å². The maximum atomic E-state index is 5.87. The van der Waals surface area contributed by atoms with E-state index in [-0.39, 0.29) is 6.10 Å². The van der Waals surface area contributed by atoms with Crippen LogP contribution >= 0.6 is 15.9 Å². The molecule has 4 nitrogen and oxygen atoms in total. The van der Waals surface area contributed by atoms with Crippen LogP contribution in [-0.4, -0.2) is 22.6 Å². The average molecular weight is 330 g/mol. The lowest BCUT2D eigenvalue weighted by molar-refractivity contribution is 0.196. The first-order chi connectivity index (χ1) is 9.19. The zero-order chi connectivity index (χ0) is 14.1. The van der Waals surface area contributed by atoms with Crippen LogP contribution in [0.25, 0.3) is 0 Å². The fourth-order valence-electron chi connectivity index (χ4n) is 1.83. The van der Waals surface area contributed by atoms with Crippen molar-refractivity contribution in [1.82, 2.24) is 9.97 Å². The molecule has 1 aromatic heterocycles. The third kappa shape index (κ3) is 5.76. The SMILES string of the molecule is CCCCCCC(C)Oc1ncnc(NCC)c1Br. The lowest BCUT2D eigenvalue weighted by atomic mass is 10.1. The van der Waals surface area contributed by atoms with Crippen LogP contribution in [0.2, 0.25) is 0 Å². The first-order valence-electron chi connectivity index (χ1n) is 7.10. The second-order valence-electron chi connectivity index (χ2n) is 4.65. The van der Waals surface area contributed by atoms with Gasteiger partial charge in [0, 0.05) is 6.54 Å². The van der Waals surface area contributed by atoms with Crippen molar-refractivity contribution in [2.75, 3.05) is 11.9 Å². The van der Waals surface area contributed by atoms with Gasteiger partial charge in [-0.05, 0) is 42.6 Å². The third-order valence-corrected chi connectivity index (χ3v) is 3.59. The Bertz CT molecular complexity index is 374. The van der Waals surface area contributed by atoms with Crippen molar-refractivity contribution < 1.29 is 4.74 Å². The molecule has 1 aromatic rings. The number of aromatic nitrogens is 2. The molecule has 0 aliphatic rings. The number of ether oxygens (including phenoxy) is 1. The number of anilines is 1. The van der Waals surface area contributed by atoms with E-state index in [9.17, 15) is 0 Å². The molecule has 19 heavy (non-hydrogen) atoms. The van der Waals surface area contributed by atoms with Gasteiger partial charge in [-0.1, -0.05) is 26.2 Å². The number of hydrogen-bond acceptors (Lipinski definition) is 4. The van der Waals surface area contributed by atoms with Crippen molar-refractivity contribution in [1.29, 1.82) is 0 Å². The Hall–Kier alpha value is -0.840. The average Bonchev–Trinajstić information content (AvgIpc) is 2.40. The molecule has 5 heteroatoms. The second-order valence-corrected chi connectivity index (χ2v) is 5.44. The highest BCUT2D eigenvalue weighted by molar-refractivity contribution is 9.10. The highest BCUT2D eigenvalue weighted by Crippen LogP contribution is 2.29. The molecule has 0 radical (unpaired) electrons. The third-order valence-electron chi connectivity index (χ3n) is 2.88. The number of rotatable bonds is 9. The summed E-state index contributed by atoms with van der Waals surface area (Å²) in [5, 5.41) is 3.17. The van der Waals surface area contributed by atoms with Crippen LogP contribution in [0.1, 0.15) is 52.9 Å². The van der Waals surface area contributed by atoms with Gasteiger partial charge in [0.25, 0.3) is 0 Å². The van der Waals surface area contributed by atoms with Crippen LogP contribution in [0, 0.1) is 0 Å². The molecule has 0 aromatic carbocycles. The highest BCUT2D eigenvalue weighted by atomic mass is 79.9. The number of nitrogens with one attached hydrogen (secondary N) is 1. The van der Waals surface area contributed by atoms with E-state index in [1.54, 1.807) is 0 Å². The summed E-state index contributed by atoms with van der Waals surface area (Å²) in [7, 11) is 0. The highest BCUT2D eigenvalue weighted by Gasteiger charge is 2.12. The van der Waals surface area contributed by atoms with Crippen LogP contribution in [-0.2, 0) is 0 Å². The van der Waals surface area contributed by atoms with Crippen LogP contribution < -0.4 is 10.1 Å². The molecule has 1 atom stereocenters. The molecule has 0 aliphatic heterocycles. The molecule has 0 saturated carbocycles. The lowest BCUT2D eigenvalue weighted by Gasteiger charge is -2.15. The summed E-state index contributed by atoms with van der Waals surface area (Å²) in [4.78, 5) is 8.36. The van der Waals surface area contributed by atoms with Gasteiger partial charge in [0.05, 0.1) is 6.10 Å². The van der Waals surface area contributed by atoms with Gasteiger partial charge >= 0.3 is 0 Å². The van der Waals surface area contributed by atoms with Crippen LogP contribution in [0.15, 0.2) is 10.8 Å². The van der Waals surface area contributed by atoms with E-state index in [1.165, 1.54) is 32.0 Å². The van der Waals surface area contributed by atoms with Gasteiger partial charge in [0.1, 0.15) is 16.6 Å². The van der Waals surface area contributed by atoms with Crippen molar-refractivity contribution in [3.05, 3.63) is 10.8 Å². The van der Waals surface area contributed by atoms with Gasteiger partial charge in [-0.25, -0.2) is 9.97 Å². The smallest absolute Gasteiger partial charge is 0.233 e. The molecular weight excluding hydrogens is 306 g/mol. The van der Waals surface area contributed by atoms with Gasteiger partial charge in [0.2, 0.25) is 5.88 Å². The molecule has 108 valence electrons. The second kappa shape index (κ2) is 9.13. The first kappa shape index (κ1) is 16.2. The Kier molecular flexibility index (Phi) is 7.79. The summed E-state index contributed by atoms with van der Waals surface area (Å²) in [5.74, 6) is 1.40. The van der Waals surface area contributed by atoms with E-state index in [0.717, 1.165) is 23.3 Å². The standard InChI is InChI=1S/C14H24BrN3O/c1-4-6-7-8-9-11(3)19-14-12(15)13(16-5-2)17-10-18-14/h10-11H,4-9H2,1-3H3,(H,16,17,18). The topological polar surface area (TPSA) is 47.0 Å². The van der Waals surface area contributed by atoms with E-state index in [2.05, 4.69) is 45.1 Å². The normalized spacial score (nSPS) is 12.2. The van der Waals surface area contributed by atoms with E-state index in [0.29, 0.717) is 5.88 Å². The zero-order valence-corrected chi connectivity index (χ0v) is 13.7. The molecule has 1 heterocycles. The molecular formula is C14H24BrN3O. The van der Waals surface area contributed by atoms with E-state index in [4.69, 9.17) is 4.74 Å². The van der Waals surface area contributed by atoms with Crippen molar-refractivity contribution in [3.8, 4) is 5.88 Å². The number of halogens is 1. The summed E-state index contributed by atoms with van der Waals surface area (Å²) < 4.78 is 6.68. The van der Waals surface area contributed by atoms with Crippen LogP contribution in [0.4, 0.5) is 5.82 Å². The minimum absolute atomic E-state index is 0.178. The predicted molar refractivity (Wildman–Crippen MR) is 82.7 cm³/mol. The first-order valence-corrected chi connectivity index (χ1v) is 7.89. The van der Waals surface area contributed by atoms with Gasteiger partial charge in [0.15, 0.2) is 0 Å². The Morgan fingerprint density at radius 2 is 2.05 bits per heavy atom. The minimum Gasteiger partial charge on any atom is -0.474 e. The van der Waals surface area contributed by atoms with Crippen molar-refractivity contribution in [2.24, 2.45) is 0 Å². The van der Waals surface area contributed by atoms with E-state index >= 15 is 0 Å². The van der Waals surface area contributed by atoms with E-state index < -0.39 is 0 Å². The van der Waals surface area contributed by atoms with Crippen LogP contribution in [0.3, 0.4) is 0 Å². The lowest BCUT2D eigenvalue weighted by Crippen LogP contribution is -2.13. The van der Waals surface area contributed by atoms with Gasteiger partial charge in [-0.15, -0.1) is 0 Å². The summed E-state index contributed by atoms with van der Waals surface area (Å²) in [5.41, 5.74) is 0.